The van der Waals surface area contributed by atoms with Crippen LogP contribution in [0.4, 0.5) is 4.79 Å². The van der Waals surface area contributed by atoms with Gasteiger partial charge < -0.3 is 9.88 Å². The predicted molar refractivity (Wildman–Crippen MR) is 94.8 cm³/mol. The van der Waals surface area contributed by atoms with Crippen LogP contribution in [-0.2, 0) is 16.1 Å². The van der Waals surface area contributed by atoms with Gasteiger partial charge in [0.25, 0.3) is 10.8 Å². The van der Waals surface area contributed by atoms with E-state index in [9.17, 15) is 24.0 Å². The number of nitrogens with zero attached hydrogens (tertiary/aromatic N) is 2. The van der Waals surface area contributed by atoms with Gasteiger partial charge in [0.1, 0.15) is 0 Å². The van der Waals surface area contributed by atoms with E-state index in [2.05, 4.69) is 10.3 Å². The van der Waals surface area contributed by atoms with Gasteiger partial charge in [-0.05, 0) is 12.8 Å². The largest absolute Gasteiger partial charge is 0.351 e. The molecule has 1 saturated carbocycles. The van der Waals surface area contributed by atoms with Crippen LogP contribution in [0.15, 0.2) is 21.9 Å². The van der Waals surface area contributed by atoms with Crippen molar-refractivity contribution in [3.8, 4) is 0 Å². The molecule has 1 aromatic rings. The van der Waals surface area contributed by atoms with Crippen LogP contribution in [0.1, 0.15) is 32.1 Å². The predicted octanol–water partition coefficient (Wildman–Crippen LogP) is 0.0495. The molecule has 0 bridgehead atoms. The van der Waals surface area contributed by atoms with Crippen molar-refractivity contribution in [1.29, 1.82) is 0 Å². The molecular weight excluding hydrogens is 360 g/mol. The van der Waals surface area contributed by atoms with Gasteiger partial charge in [-0.25, -0.2) is 4.79 Å². The zero-order chi connectivity index (χ0) is 18.7. The zero-order valence-corrected chi connectivity index (χ0v) is 14.9. The van der Waals surface area contributed by atoms with Gasteiger partial charge >= 0.3 is 5.69 Å². The maximum Gasteiger partial charge on any atom is 0.328 e. The first-order valence-electron chi connectivity index (χ1n) is 8.53. The number of aromatic nitrogens is 2. The standard InChI is InChI=1S/C16H20N4O5S/c21-12(5-7-19-8-6-13(22)18-15(19)24)17-10-3-1-2-4-11(10)20-14(23)9-26-16(20)25/h6,8,10-11H,1-5,7,9H2,(H,17,21)(H,18,22,24)/t10-,11-/m0/s1. The van der Waals surface area contributed by atoms with Crippen LogP contribution in [-0.4, -0.2) is 49.3 Å². The van der Waals surface area contributed by atoms with Gasteiger partial charge in [-0.3, -0.25) is 29.1 Å². The molecule has 140 valence electrons. The van der Waals surface area contributed by atoms with E-state index >= 15 is 0 Å². The Bertz CT molecular complexity index is 816. The molecule has 26 heavy (non-hydrogen) atoms. The van der Waals surface area contributed by atoms with Crippen LogP contribution < -0.4 is 16.6 Å². The Morgan fingerprint density at radius 1 is 1.23 bits per heavy atom. The van der Waals surface area contributed by atoms with Crippen molar-refractivity contribution in [3.63, 3.8) is 0 Å². The summed E-state index contributed by atoms with van der Waals surface area (Å²) in [5.74, 6) is -0.303. The van der Waals surface area contributed by atoms with Crippen molar-refractivity contribution in [1.82, 2.24) is 19.8 Å². The summed E-state index contributed by atoms with van der Waals surface area (Å²) in [6.45, 7) is 0.135. The number of hydrogen-bond acceptors (Lipinski definition) is 6. The smallest absolute Gasteiger partial charge is 0.328 e. The maximum atomic E-state index is 12.3. The van der Waals surface area contributed by atoms with E-state index < -0.39 is 11.2 Å². The monoisotopic (exact) mass is 380 g/mol. The Morgan fingerprint density at radius 3 is 2.69 bits per heavy atom. The fraction of sp³-hybridized carbons (Fsp3) is 0.562. The molecule has 0 aromatic carbocycles. The van der Waals surface area contributed by atoms with Gasteiger partial charge in [0.15, 0.2) is 0 Å². The molecule has 1 aromatic heterocycles. The van der Waals surface area contributed by atoms with Gasteiger partial charge in [0.2, 0.25) is 11.8 Å². The Balaban J connectivity index is 1.61. The average molecular weight is 380 g/mol. The lowest BCUT2D eigenvalue weighted by Gasteiger charge is -2.36. The summed E-state index contributed by atoms with van der Waals surface area (Å²) in [7, 11) is 0. The van der Waals surface area contributed by atoms with Gasteiger partial charge in [0, 0.05) is 31.3 Å². The molecule has 2 atom stereocenters. The minimum absolute atomic E-state index is 0.0613. The number of H-pyrrole nitrogens is 1. The molecule has 1 aliphatic heterocycles. The first kappa shape index (κ1) is 18.4. The summed E-state index contributed by atoms with van der Waals surface area (Å²) < 4.78 is 1.25. The Labute approximate surface area is 153 Å². The summed E-state index contributed by atoms with van der Waals surface area (Å²) in [5.41, 5.74) is -1.05. The summed E-state index contributed by atoms with van der Waals surface area (Å²) in [5, 5.41) is 2.66. The van der Waals surface area contributed by atoms with Crippen molar-refractivity contribution in [2.24, 2.45) is 0 Å². The fourth-order valence-corrected chi connectivity index (χ4v) is 4.16. The molecule has 9 nitrogen and oxygen atoms in total. The molecule has 0 radical (unpaired) electrons. The lowest BCUT2D eigenvalue weighted by atomic mass is 9.89. The Morgan fingerprint density at radius 2 is 2.00 bits per heavy atom. The topological polar surface area (TPSA) is 121 Å². The molecular formula is C16H20N4O5S. The lowest BCUT2D eigenvalue weighted by molar-refractivity contribution is -0.129. The highest BCUT2D eigenvalue weighted by molar-refractivity contribution is 8.14. The van der Waals surface area contributed by atoms with Crippen molar-refractivity contribution in [3.05, 3.63) is 33.1 Å². The molecule has 0 unspecified atom stereocenters. The molecule has 0 spiro atoms. The third-order valence-electron chi connectivity index (χ3n) is 4.67. The minimum atomic E-state index is -0.564. The molecule has 2 N–H and O–H groups in total. The molecule has 2 heterocycles. The van der Waals surface area contributed by atoms with E-state index in [-0.39, 0.29) is 47.9 Å². The van der Waals surface area contributed by atoms with E-state index in [4.69, 9.17) is 0 Å². The van der Waals surface area contributed by atoms with E-state index in [1.54, 1.807) is 0 Å². The van der Waals surface area contributed by atoms with Crippen molar-refractivity contribution in [2.75, 3.05) is 5.75 Å². The molecule has 3 rings (SSSR count). The summed E-state index contributed by atoms with van der Waals surface area (Å²) in [4.78, 5) is 62.4. The quantitative estimate of drug-likeness (QED) is 0.744. The number of imide groups is 1. The number of aromatic amines is 1. The van der Waals surface area contributed by atoms with E-state index in [1.807, 2.05) is 0 Å². The highest BCUT2D eigenvalue weighted by Crippen LogP contribution is 2.30. The average Bonchev–Trinajstić information content (AvgIpc) is 2.93. The Kier molecular flexibility index (Phi) is 5.60. The molecule has 10 heteroatoms. The second-order valence-electron chi connectivity index (χ2n) is 6.40. The number of nitrogens with one attached hydrogen (secondary N) is 2. The first-order valence-corrected chi connectivity index (χ1v) is 9.52. The van der Waals surface area contributed by atoms with E-state index in [0.717, 1.165) is 24.6 Å². The molecule has 2 fully saturated rings. The number of rotatable bonds is 5. The SMILES string of the molecule is O=C(CCn1ccc(=O)[nH]c1=O)N[C@H]1CCCC[C@@H]1N1C(=O)CSC1=O. The van der Waals surface area contributed by atoms with Gasteiger partial charge in [-0.2, -0.15) is 0 Å². The summed E-state index contributed by atoms with van der Waals surface area (Å²) in [6.07, 6.45) is 4.62. The number of aryl methyl sites for hydroxylation is 1. The van der Waals surface area contributed by atoms with Gasteiger partial charge in [-0.15, -0.1) is 0 Å². The van der Waals surface area contributed by atoms with Crippen molar-refractivity contribution >= 4 is 28.8 Å². The van der Waals surface area contributed by atoms with Crippen LogP contribution in [0, 0.1) is 0 Å². The van der Waals surface area contributed by atoms with E-state index in [0.29, 0.717) is 12.8 Å². The zero-order valence-electron chi connectivity index (χ0n) is 14.1. The van der Waals surface area contributed by atoms with Crippen molar-refractivity contribution < 1.29 is 14.4 Å². The maximum absolute atomic E-state index is 12.3. The number of carbonyl (C=O) groups excluding carboxylic acids is 3. The minimum Gasteiger partial charge on any atom is -0.351 e. The molecule has 3 amide bonds. The molecule has 1 aliphatic carbocycles. The molecule has 1 saturated heterocycles. The third-order valence-corrected chi connectivity index (χ3v) is 5.50. The van der Waals surface area contributed by atoms with Crippen LogP contribution >= 0.6 is 11.8 Å². The third kappa shape index (κ3) is 4.06. The number of amides is 3. The van der Waals surface area contributed by atoms with Crippen LogP contribution in [0.2, 0.25) is 0 Å². The second kappa shape index (κ2) is 7.90. The van der Waals surface area contributed by atoms with E-state index in [1.165, 1.54) is 21.7 Å². The van der Waals surface area contributed by atoms with Crippen LogP contribution in [0.3, 0.4) is 0 Å². The van der Waals surface area contributed by atoms with Crippen LogP contribution in [0.5, 0.6) is 0 Å². The van der Waals surface area contributed by atoms with Crippen molar-refractivity contribution in [2.45, 2.75) is 50.7 Å². The Hall–Kier alpha value is -2.36. The lowest BCUT2D eigenvalue weighted by Crippen LogP contribution is -2.54. The second-order valence-corrected chi connectivity index (χ2v) is 7.32. The van der Waals surface area contributed by atoms with Crippen LogP contribution in [0.25, 0.3) is 0 Å². The fourth-order valence-electron chi connectivity index (χ4n) is 3.39. The summed E-state index contributed by atoms with van der Waals surface area (Å²) in [6, 6.07) is 0.646. The number of carbonyl (C=O) groups is 3. The summed E-state index contributed by atoms with van der Waals surface area (Å²) >= 11 is 0.996. The normalized spacial score (nSPS) is 23.3. The highest BCUT2D eigenvalue weighted by Gasteiger charge is 2.41. The first-order chi connectivity index (χ1) is 12.5. The number of hydrogen-bond donors (Lipinski definition) is 2. The highest BCUT2D eigenvalue weighted by atomic mass is 32.2. The molecule has 2 aliphatic rings. The van der Waals surface area contributed by atoms with Gasteiger partial charge in [-0.1, -0.05) is 24.6 Å². The number of thioether (sulfide) groups is 1. The van der Waals surface area contributed by atoms with Gasteiger partial charge in [0.05, 0.1) is 11.8 Å².